The summed E-state index contributed by atoms with van der Waals surface area (Å²) in [6.45, 7) is 1.31. The van der Waals surface area contributed by atoms with E-state index in [-0.39, 0.29) is 11.6 Å². The summed E-state index contributed by atoms with van der Waals surface area (Å²) in [5.74, 6) is 2.12. The van der Waals surface area contributed by atoms with Crippen molar-refractivity contribution in [1.82, 2.24) is 10.6 Å². The van der Waals surface area contributed by atoms with Crippen molar-refractivity contribution in [2.45, 2.75) is 13.0 Å². The summed E-state index contributed by atoms with van der Waals surface area (Å²) in [7, 11) is 3.66. The molecule has 4 aromatic rings. The van der Waals surface area contributed by atoms with E-state index >= 15 is 0 Å². The molecule has 0 heterocycles. The highest BCUT2D eigenvalue weighted by Crippen LogP contribution is 2.28. The summed E-state index contributed by atoms with van der Waals surface area (Å²) in [4.78, 5) is 0. The average molecular weight is 545 g/mol. The number of ether oxygens (including phenoxy) is 2. The Morgan fingerprint density at radius 1 is 0.622 bits per heavy atom. The van der Waals surface area contributed by atoms with Crippen LogP contribution in [0.25, 0.3) is 0 Å². The topological polar surface area (TPSA) is 42.5 Å². The molecule has 0 amide bonds. The van der Waals surface area contributed by atoms with E-state index in [0.29, 0.717) is 46.0 Å². The third kappa shape index (κ3) is 9.34. The van der Waals surface area contributed by atoms with Crippen LogP contribution in [0.3, 0.4) is 0 Å². The standard InChI is InChI=1S/C15H15ClFNO.C14H13ClFNO/c1-18-9-8-11-10-13(17)4-7-15(11)19-14-5-2-12(16)3-6-14;1-17-9-10-8-12(16)4-7-14(10)18-13-5-2-11(15)3-6-13/h2-7,10,18H,8-9H2,1H3;2-8,17H,9H2,1H3. The third-order valence-corrected chi connectivity index (χ3v) is 5.64. The smallest absolute Gasteiger partial charge is 0.132 e. The molecule has 0 saturated carbocycles. The maximum absolute atomic E-state index is 13.3. The van der Waals surface area contributed by atoms with Gasteiger partial charge in [0.05, 0.1) is 0 Å². The Kier molecular flexibility index (Phi) is 11.2. The molecule has 0 spiro atoms. The van der Waals surface area contributed by atoms with E-state index < -0.39 is 0 Å². The number of hydrogen-bond donors (Lipinski definition) is 2. The fourth-order valence-electron chi connectivity index (χ4n) is 3.34. The second kappa shape index (κ2) is 14.5. The minimum Gasteiger partial charge on any atom is -0.457 e. The number of likely N-dealkylation sites (N-methyl/N-ethyl adjacent to an activating group) is 1. The highest BCUT2D eigenvalue weighted by atomic mass is 35.5. The Bertz CT molecular complexity index is 1270. The molecule has 0 aliphatic heterocycles. The first-order valence-electron chi connectivity index (χ1n) is 11.6. The van der Waals surface area contributed by atoms with Crippen molar-refractivity contribution in [3.05, 3.63) is 118 Å². The van der Waals surface area contributed by atoms with Crippen LogP contribution in [-0.2, 0) is 13.0 Å². The van der Waals surface area contributed by atoms with Gasteiger partial charge in [-0.3, -0.25) is 0 Å². The minimum absolute atomic E-state index is 0.255. The van der Waals surface area contributed by atoms with E-state index in [0.717, 1.165) is 17.7 Å². The van der Waals surface area contributed by atoms with Gasteiger partial charge in [-0.1, -0.05) is 23.2 Å². The van der Waals surface area contributed by atoms with Crippen LogP contribution in [0.5, 0.6) is 23.0 Å². The van der Waals surface area contributed by atoms with Crippen LogP contribution in [0.1, 0.15) is 11.1 Å². The predicted octanol–water partition coefficient (Wildman–Crippen LogP) is 8.02. The molecule has 0 atom stereocenters. The Morgan fingerprint density at radius 3 is 1.54 bits per heavy atom. The van der Waals surface area contributed by atoms with E-state index in [9.17, 15) is 8.78 Å². The van der Waals surface area contributed by atoms with Crippen molar-refractivity contribution in [2.24, 2.45) is 0 Å². The molecule has 4 aromatic carbocycles. The molecule has 37 heavy (non-hydrogen) atoms. The van der Waals surface area contributed by atoms with Crippen LogP contribution >= 0.6 is 23.2 Å². The van der Waals surface area contributed by atoms with Crippen molar-refractivity contribution >= 4 is 23.2 Å². The normalized spacial score (nSPS) is 10.4. The quantitative estimate of drug-likeness (QED) is 0.224. The first-order chi connectivity index (χ1) is 17.9. The number of hydrogen-bond acceptors (Lipinski definition) is 4. The van der Waals surface area contributed by atoms with Gasteiger partial charge in [-0.05, 0) is 118 Å². The van der Waals surface area contributed by atoms with Crippen LogP contribution < -0.4 is 20.1 Å². The summed E-state index contributed by atoms with van der Waals surface area (Å²) >= 11 is 11.6. The molecule has 0 fully saturated rings. The molecular weight excluding hydrogens is 517 g/mol. The van der Waals surface area contributed by atoms with Gasteiger partial charge in [0.25, 0.3) is 0 Å². The van der Waals surface area contributed by atoms with Crippen molar-refractivity contribution in [3.63, 3.8) is 0 Å². The van der Waals surface area contributed by atoms with Gasteiger partial charge in [-0.2, -0.15) is 0 Å². The lowest BCUT2D eigenvalue weighted by Crippen LogP contribution is -2.11. The van der Waals surface area contributed by atoms with Gasteiger partial charge in [0, 0.05) is 22.2 Å². The van der Waals surface area contributed by atoms with Crippen molar-refractivity contribution < 1.29 is 18.3 Å². The largest absolute Gasteiger partial charge is 0.457 e. The summed E-state index contributed by atoms with van der Waals surface area (Å²) in [5, 5.41) is 7.32. The molecule has 0 aromatic heterocycles. The predicted molar refractivity (Wildman–Crippen MR) is 146 cm³/mol. The van der Waals surface area contributed by atoms with Crippen LogP contribution in [-0.4, -0.2) is 20.6 Å². The highest BCUT2D eigenvalue weighted by Gasteiger charge is 2.07. The van der Waals surface area contributed by atoms with Gasteiger partial charge < -0.3 is 20.1 Å². The fourth-order valence-corrected chi connectivity index (χ4v) is 3.59. The van der Waals surface area contributed by atoms with Gasteiger partial charge >= 0.3 is 0 Å². The first-order valence-corrected chi connectivity index (χ1v) is 12.4. The second-order valence-electron chi connectivity index (χ2n) is 8.00. The van der Waals surface area contributed by atoms with E-state index in [4.69, 9.17) is 32.7 Å². The van der Waals surface area contributed by atoms with E-state index in [1.165, 1.54) is 24.3 Å². The molecule has 0 radical (unpaired) electrons. The van der Waals surface area contributed by atoms with Gasteiger partial charge in [-0.25, -0.2) is 8.78 Å². The van der Waals surface area contributed by atoms with Gasteiger partial charge in [0.1, 0.15) is 34.6 Å². The SMILES string of the molecule is CNCCc1cc(F)ccc1Oc1ccc(Cl)cc1.CNCc1cc(F)ccc1Oc1ccc(Cl)cc1. The van der Waals surface area contributed by atoms with Crippen LogP contribution in [0.2, 0.25) is 10.0 Å². The van der Waals surface area contributed by atoms with Crippen molar-refractivity contribution in [1.29, 1.82) is 0 Å². The van der Waals surface area contributed by atoms with Crippen LogP contribution in [0, 0.1) is 11.6 Å². The van der Waals surface area contributed by atoms with Crippen LogP contribution in [0.15, 0.2) is 84.9 Å². The molecule has 2 N–H and O–H groups in total. The summed E-state index contributed by atoms with van der Waals surface area (Å²) in [5.41, 5.74) is 1.61. The number of nitrogens with one attached hydrogen (secondary N) is 2. The zero-order chi connectivity index (χ0) is 26.6. The Labute approximate surface area is 226 Å². The lowest BCUT2D eigenvalue weighted by atomic mass is 10.1. The van der Waals surface area contributed by atoms with Crippen molar-refractivity contribution in [2.75, 3.05) is 20.6 Å². The van der Waals surface area contributed by atoms with Gasteiger partial charge in [0.2, 0.25) is 0 Å². The molecule has 0 bridgehead atoms. The molecule has 0 saturated heterocycles. The molecule has 194 valence electrons. The monoisotopic (exact) mass is 544 g/mol. The molecule has 0 aliphatic carbocycles. The Morgan fingerprint density at radius 2 is 1.08 bits per heavy atom. The number of rotatable bonds is 9. The summed E-state index contributed by atoms with van der Waals surface area (Å²) in [6.07, 6.45) is 0.706. The number of benzene rings is 4. The molecular formula is C29H28Cl2F2N2O2. The highest BCUT2D eigenvalue weighted by molar-refractivity contribution is 6.30. The number of halogens is 4. The first kappa shape index (κ1) is 28.4. The molecule has 0 aliphatic rings. The summed E-state index contributed by atoms with van der Waals surface area (Å²) in [6, 6.07) is 23.1. The fraction of sp³-hybridized carbons (Fsp3) is 0.172. The minimum atomic E-state index is -0.274. The van der Waals surface area contributed by atoms with E-state index in [2.05, 4.69) is 10.6 Å². The molecule has 4 rings (SSSR count). The third-order valence-electron chi connectivity index (χ3n) is 5.14. The average Bonchev–Trinajstić information content (AvgIpc) is 2.89. The van der Waals surface area contributed by atoms with Gasteiger partial charge in [-0.15, -0.1) is 0 Å². The molecule has 8 heteroatoms. The lowest BCUT2D eigenvalue weighted by molar-refractivity contribution is 0.471. The van der Waals surface area contributed by atoms with Crippen molar-refractivity contribution in [3.8, 4) is 23.0 Å². The zero-order valence-corrected chi connectivity index (χ0v) is 22.0. The van der Waals surface area contributed by atoms with Gasteiger partial charge in [0.15, 0.2) is 0 Å². The molecule has 4 nitrogen and oxygen atoms in total. The Balaban J connectivity index is 0.000000206. The molecule has 0 unspecified atom stereocenters. The Hall–Kier alpha value is -3.16. The zero-order valence-electron chi connectivity index (χ0n) is 20.5. The maximum atomic E-state index is 13.3. The lowest BCUT2D eigenvalue weighted by Gasteiger charge is -2.11. The van der Waals surface area contributed by atoms with E-state index in [1.54, 1.807) is 67.7 Å². The second-order valence-corrected chi connectivity index (χ2v) is 8.87. The maximum Gasteiger partial charge on any atom is 0.132 e. The summed E-state index contributed by atoms with van der Waals surface area (Å²) < 4.78 is 37.9. The van der Waals surface area contributed by atoms with Crippen LogP contribution in [0.4, 0.5) is 8.78 Å². The van der Waals surface area contributed by atoms with E-state index in [1.807, 2.05) is 7.05 Å².